The molecule has 1 heterocycles. The van der Waals surface area contributed by atoms with Gasteiger partial charge in [-0.3, -0.25) is 0 Å². The van der Waals surface area contributed by atoms with E-state index in [-0.39, 0.29) is 0 Å². The van der Waals surface area contributed by atoms with Crippen molar-refractivity contribution >= 4 is 29.1 Å². The second-order valence-electron chi connectivity index (χ2n) is 4.06. The lowest BCUT2D eigenvalue weighted by molar-refractivity contribution is 0.313. The van der Waals surface area contributed by atoms with Crippen molar-refractivity contribution < 1.29 is 0 Å². The summed E-state index contributed by atoms with van der Waals surface area (Å²) in [6, 6.07) is 8.32. The zero-order chi connectivity index (χ0) is 11.4. The largest absolute Gasteiger partial charge is 0.369 e. The third-order valence-electron chi connectivity index (χ3n) is 2.93. The topological polar surface area (TPSA) is 18.5 Å². The van der Waals surface area contributed by atoms with Gasteiger partial charge in [-0.1, -0.05) is 12.2 Å². The molecule has 0 unspecified atom stereocenters. The Bertz CT molecular complexity index is 342. The molecule has 1 aromatic rings. The summed E-state index contributed by atoms with van der Waals surface area (Å²) in [6.07, 6.45) is 0. The van der Waals surface area contributed by atoms with Crippen molar-refractivity contribution in [3.63, 3.8) is 0 Å². The van der Waals surface area contributed by atoms with E-state index >= 15 is 0 Å². The molecular formula is C12H16N3S. The first kappa shape index (κ1) is 11.4. The average Bonchev–Trinajstić information content (AvgIpc) is 2.32. The number of anilines is 2. The van der Waals surface area contributed by atoms with Crippen LogP contribution in [0.2, 0.25) is 0 Å². The van der Waals surface area contributed by atoms with Crippen molar-refractivity contribution in [1.29, 1.82) is 0 Å². The Labute approximate surface area is 102 Å². The zero-order valence-corrected chi connectivity index (χ0v) is 10.3. The minimum atomic E-state index is 0.993. The molecule has 0 aromatic heterocycles. The molecule has 1 aliphatic heterocycles. The predicted octanol–water partition coefficient (Wildman–Crippen LogP) is 1.68. The van der Waals surface area contributed by atoms with E-state index in [0.29, 0.717) is 0 Å². The van der Waals surface area contributed by atoms with E-state index in [0.717, 1.165) is 31.9 Å². The number of piperazine rings is 1. The van der Waals surface area contributed by atoms with Gasteiger partial charge in [0.05, 0.1) is 0 Å². The number of nitrogens with one attached hydrogen (secondary N) is 1. The highest BCUT2D eigenvalue weighted by atomic mass is 32.1. The van der Waals surface area contributed by atoms with Crippen LogP contribution >= 0.6 is 12.2 Å². The monoisotopic (exact) mass is 234 g/mol. The Kier molecular flexibility index (Phi) is 3.74. The van der Waals surface area contributed by atoms with Crippen LogP contribution in [0.25, 0.3) is 0 Å². The summed E-state index contributed by atoms with van der Waals surface area (Å²) in [7, 11) is 2.17. The first-order valence-electron chi connectivity index (χ1n) is 5.46. The Hall–Kier alpha value is -1.13. The highest BCUT2D eigenvalue weighted by Gasteiger charge is 2.13. The van der Waals surface area contributed by atoms with Crippen LogP contribution < -0.4 is 10.2 Å². The highest BCUT2D eigenvalue weighted by molar-refractivity contribution is 7.79. The van der Waals surface area contributed by atoms with E-state index in [4.69, 9.17) is 0 Å². The van der Waals surface area contributed by atoms with E-state index in [1.54, 1.807) is 0 Å². The lowest BCUT2D eigenvalue weighted by Gasteiger charge is -2.34. The Balaban J connectivity index is 2.01. The molecule has 1 aliphatic rings. The predicted molar refractivity (Wildman–Crippen MR) is 72.4 cm³/mol. The molecular weight excluding hydrogens is 218 g/mol. The normalized spacial score (nSPS) is 17.2. The quantitative estimate of drug-likeness (QED) is 0.633. The van der Waals surface area contributed by atoms with Crippen LogP contribution in [0.3, 0.4) is 0 Å². The van der Waals surface area contributed by atoms with Crippen molar-refractivity contribution in [2.45, 2.75) is 0 Å². The van der Waals surface area contributed by atoms with Crippen LogP contribution in [-0.2, 0) is 0 Å². The van der Waals surface area contributed by atoms with Crippen LogP contribution in [0, 0.1) is 0 Å². The van der Waals surface area contributed by atoms with Gasteiger partial charge in [-0.05, 0) is 31.3 Å². The zero-order valence-electron chi connectivity index (χ0n) is 9.44. The summed E-state index contributed by atoms with van der Waals surface area (Å²) in [5, 5.41) is 2.88. The van der Waals surface area contributed by atoms with Crippen molar-refractivity contribution in [3.8, 4) is 0 Å². The Morgan fingerprint density at radius 2 is 1.75 bits per heavy atom. The van der Waals surface area contributed by atoms with E-state index in [1.165, 1.54) is 5.69 Å². The molecule has 1 aromatic carbocycles. The van der Waals surface area contributed by atoms with Crippen LogP contribution in [-0.4, -0.2) is 43.6 Å². The van der Waals surface area contributed by atoms with Crippen molar-refractivity contribution in [3.05, 3.63) is 24.3 Å². The number of nitrogens with zero attached hydrogens (tertiary/aromatic N) is 2. The number of thiocarbonyl (C=S) groups is 1. The molecule has 16 heavy (non-hydrogen) atoms. The Morgan fingerprint density at radius 1 is 1.12 bits per heavy atom. The summed E-state index contributed by atoms with van der Waals surface area (Å²) < 4.78 is 0. The number of benzene rings is 1. The van der Waals surface area contributed by atoms with Crippen molar-refractivity contribution in [2.75, 3.05) is 43.4 Å². The fourth-order valence-corrected chi connectivity index (χ4v) is 2.00. The minimum absolute atomic E-state index is 0.993. The summed E-state index contributed by atoms with van der Waals surface area (Å²) >= 11 is 4.63. The molecule has 0 bridgehead atoms. The number of hydrogen-bond acceptors (Lipinski definition) is 3. The standard InChI is InChI=1S/C12H16N3S/c1-14-6-8-15(9-7-14)12-4-2-11(3-5-12)13-10-16/h2-5H,6-9H2,1H3,(H,13,16). The highest BCUT2D eigenvalue weighted by Crippen LogP contribution is 2.18. The molecule has 4 heteroatoms. The van der Waals surface area contributed by atoms with Gasteiger partial charge in [0.15, 0.2) is 0 Å². The molecule has 0 atom stereocenters. The minimum Gasteiger partial charge on any atom is -0.369 e. The smallest absolute Gasteiger partial charge is 0.138 e. The average molecular weight is 234 g/mol. The maximum atomic E-state index is 4.63. The lowest BCUT2D eigenvalue weighted by Crippen LogP contribution is -2.44. The van der Waals surface area contributed by atoms with Gasteiger partial charge in [0.2, 0.25) is 0 Å². The summed E-state index contributed by atoms with van der Waals surface area (Å²) in [4.78, 5) is 4.76. The SMILES string of the molecule is CN1CCN(c2ccc(N[C]=S)cc2)CC1. The van der Waals surface area contributed by atoms with Crippen LogP contribution in [0.15, 0.2) is 24.3 Å². The lowest BCUT2D eigenvalue weighted by atomic mass is 10.2. The van der Waals surface area contributed by atoms with Gasteiger partial charge in [0.1, 0.15) is 5.49 Å². The second kappa shape index (κ2) is 5.27. The van der Waals surface area contributed by atoms with Crippen molar-refractivity contribution in [1.82, 2.24) is 4.90 Å². The molecule has 85 valence electrons. The van der Waals surface area contributed by atoms with Gasteiger partial charge in [0.25, 0.3) is 0 Å². The summed E-state index contributed by atoms with van der Waals surface area (Å²) in [5.41, 5.74) is 4.78. The first-order valence-corrected chi connectivity index (χ1v) is 5.87. The fraction of sp³-hybridized carbons (Fsp3) is 0.417. The molecule has 1 N–H and O–H groups in total. The molecule has 1 radical (unpaired) electrons. The van der Waals surface area contributed by atoms with Gasteiger partial charge in [0, 0.05) is 37.6 Å². The van der Waals surface area contributed by atoms with E-state index in [1.807, 2.05) is 12.1 Å². The van der Waals surface area contributed by atoms with Crippen molar-refractivity contribution in [2.24, 2.45) is 0 Å². The molecule has 2 rings (SSSR count). The van der Waals surface area contributed by atoms with Gasteiger partial charge in [-0.2, -0.15) is 0 Å². The van der Waals surface area contributed by atoms with Crippen LogP contribution in [0.1, 0.15) is 0 Å². The third kappa shape index (κ3) is 2.71. The molecule has 0 aliphatic carbocycles. The van der Waals surface area contributed by atoms with Gasteiger partial charge >= 0.3 is 0 Å². The first-order chi connectivity index (χ1) is 7.79. The molecule has 0 amide bonds. The fourth-order valence-electron chi connectivity index (χ4n) is 1.88. The van der Waals surface area contributed by atoms with Crippen LogP contribution in [0.4, 0.5) is 11.4 Å². The summed E-state index contributed by atoms with van der Waals surface area (Å²) in [5.74, 6) is 0. The number of rotatable bonds is 3. The number of likely N-dealkylation sites (N-methyl/N-ethyl adjacent to an activating group) is 1. The Morgan fingerprint density at radius 3 is 2.31 bits per heavy atom. The van der Waals surface area contributed by atoms with E-state index in [2.05, 4.69) is 52.0 Å². The molecule has 3 nitrogen and oxygen atoms in total. The maximum Gasteiger partial charge on any atom is 0.138 e. The van der Waals surface area contributed by atoms with Crippen LogP contribution in [0.5, 0.6) is 0 Å². The molecule has 1 saturated heterocycles. The molecule has 0 saturated carbocycles. The second-order valence-corrected chi connectivity index (χ2v) is 4.27. The summed E-state index contributed by atoms with van der Waals surface area (Å²) in [6.45, 7) is 4.46. The number of hydrogen-bond donors (Lipinski definition) is 1. The van der Waals surface area contributed by atoms with E-state index < -0.39 is 0 Å². The third-order valence-corrected chi connectivity index (χ3v) is 3.03. The van der Waals surface area contributed by atoms with Gasteiger partial charge in [-0.25, -0.2) is 0 Å². The van der Waals surface area contributed by atoms with Gasteiger partial charge in [-0.15, -0.1) is 0 Å². The molecule has 0 spiro atoms. The van der Waals surface area contributed by atoms with E-state index in [9.17, 15) is 0 Å². The van der Waals surface area contributed by atoms with Gasteiger partial charge < -0.3 is 15.1 Å². The maximum absolute atomic E-state index is 4.63. The molecule has 1 fully saturated rings.